The van der Waals surface area contributed by atoms with E-state index in [1.165, 1.54) is 0 Å². The van der Waals surface area contributed by atoms with Crippen molar-refractivity contribution in [1.82, 2.24) is 19.9 Å². The van der Waals surface area contributed by atoms with Gasteiger partial charge in [0.1, 0.15) is 11.3 Å². The average molecular weight is 240 g/mol. The van der Waals surface area contributed by atoms with E-state index >= 15 is 0 Å². The fourth-order valence-electron chi connectivity index (χ4n) is 1.61. The Morgan fingerprint density at radius 3 is 2.59 bits per heavy atom. The van der Waals surface area contributed by atoms with Gasteiger partial charge >= 0.3 is 0 Å². The smallest absolute Gasteiger partial charge is 0.160 e. The van der Waals surface area contributed by atoms with Crippen LogP contribution in [0.4, 0.5) is 0 Å². The summed E-state index contributed by atoms with van der Waals surface area (Å²) in [7, 11) is 0. The zero-order valence-electron chi connectivity index (χ0n) is 8.79. The lowest BCUT2D eigenvalue weighted by molar-refractivity contribution is 1.14. The van der Waals surface area contributed by atoms with Crippen molar-refractivity contribution in [2.24, 2.45) is 0 Å². The molecule has 3 rings (SSSR count). The molecule has 0 amide bonds. The average Bonchev–Trinajstić information content (AvgIpc) is 2.40. The summed E-state index contributed by atoms with van der Waals surface area (Å²) in [6, 6.07) is 9.80. The summed E-state index contributed by atoms with van der Waals surface area (Å²) in [5.74, 6) is 0.712. The number of H-pyrrole nitrogens is 1. The lowest BCUT2D eigenvalue weighted by Crippen LogP contribution is -1.94. The van der Waals surface area contributed by atoms with Crippen LogP contribution < -0.4 is 0 Å². The Balaban J connectivity index is 2.30. The molecule has 0 aliphatic carbocycles. The lowest BCUT2D eigenvalue weighted by Gasteiger charge is -2.02. The molecule has 0 saturated heterocycles. The molecule has 1 N–H and O–H groups in total. The van der Waals surface area contributed by atoms with E-state index in [1.807, 2.05) is 30.3 Å². The maximum atomic E-state index is 5.21. The number of hydrogen-bond acceptors (Lipinski definition) is 4. The Morgan fingerprint density at radius 2 is 1.76 bits per heavy atom. The Labute approximate surface area is 102 Å². The van der Waals surface area contributed by atoms with Crippen LogP contribution in [0.5, 0.6) is 0 Å². The van der Waals surface area contributed by atoms with E-state index in [2.05, 4.69) is 19.9 Å². The van der Waals surface area contributed by atoms with Gasteiger partial charge in [0.05, 0.1) is 0 Å². The molecule has 0 radical (unpaired) electrons. The van der Waals surface area contributed by atoms with Crippen LogP contribution in [0.1, 0.15) is 0 Å². The number of nitrogens with zero attached hydrogens (tertiary/aromatic N) is 3. The highest BCUT2D eigenvalue weighted by Crippen LogP contribution is 2.16. The fraction of sp³-hybridized carbons (Fsp3) is 0. The van der Waals surface area contributed by atoms with Crippen LogP contribution in [0.2, 0.25) is 0 Å². The van der Waals surface area contributed by atoms with Crippen molar-refractivity contribution >= 4 is 23.4 Å². The van der Waals surface area contributed by atoms with Crippen LogP contribution in [-0.4, -0.2) is 19.9 Å². The second kappa shape index (κ2) is 4.03. The first-order valence-electron chi connectivity index (χ1n) is 5.11. The quantitative estimate of drug-likeness (QED) is 0.664. The molecule has 2 heterocycles. The van der Waals surface area contributed by atoms with Crippen molar-refractivity contribution in [3.8, 4) is 11.4 Å². The zero-order chi connectivity index (χ0) is 11.7. The molecule has 0 aliphatic rings. The third-order valence-electron chi connectivity index (χ3n) is 2.40. The summed E-state index contributed by atoms with van der Waals surface area (Å²) in [6.07, 6.45) is 3.23. The van der Waals surface area contributed by atoms with E-state index in [0.717, 1.165) is 5.56 Å². The minimum absolute atomic E-state index is 0.464. The Kier molecular flexibility index (Phi) is 2.38. The maximum Gasteiger partial charge on any atom is 0.160 e. The molecule has 0 atom stereocenters. The van der Waals surface area contributed by atoms with Gasteiger partial charge in [-0.25, -0.2) is 15.0 Å². The first-order chi connectivity index (χ1) is 8.34. The second-order valence-electron chi connectivity index (χ2n) is 3.51. The SMILES string of the molecule is S=c1nc(-c2ccccc2)[nH]c2nccnc12. The topological polar surface area (TPSA) is 54.5 Å². The molecule has 17 heavy (non-hydrogen) atoms. The highest BCUT2D eigenvalue weighted by atomic mass is 32.1. The van der Waals surface area contributed by atoms with Crippen molar-refractivity contribution < 1.29 is 0 Å². The van der Waals surface area contributed by atoms with Crippen LogP contribution in [0, 0.1) is 4.64 Å². The normalized spacial score (nSPS) is 10.6. The molecule has 0 unspecified atom stereocenters. The van der Waals surface area contributed by atoms with Crippen LogP contribution in [0.25, 0.3) is 22.6 Å². The summed E-state index contributed by atoms with van der Waals surface area (Å²) >= 11 is 5.21. The predicted molar refractivity (Wildman–Crippen MR) is 68.0 cm³/mol. The van der Waals surface area contributed by atoms with Crippen LogP contribution in [-0.2, 0) is 0 Å². The summed E-state index contributed by atoms with van der Waals surface area (Å²) in [6.45, 7) is 0. The molecule has 0 bridgehead atoms. The molecular formula is C12H8N4S. The summed E-state index contributed by atoms with van der Waals surface area (Å²) in [5, 5.41) is 0. The first-order valence-corrected chi connectivity index (χ1v) is 5.52. The van der Waals surface area contributed by atoms with Crippen molar-refractivity contribution in [1.29, 1.82) is 0 Å². The van der Waals surface area contributed by atoms with Gasteiger partial charge in [-0.3, -0.25) is 0 Å². The van der Waals surface area contributed by atoms with E-state index < -0.39 is 0 Å². The fourth-order valence-corrected chi connectivity index (χ4v) is 1.85. The molecule has 4 nitrogen and oxygen atoms in total. The Bertz CT molecular complexity index is 721. The van der Waals surface area contributed by atoms with Gasteiger partial charge in [-0.1, -0.05) is 42.5 Å². The molecule has 0 saturated carbocycles. The van der Waals surface area contributed by atoms with Gasteiger partial charge in [0, 0.05) is 18.0 Å². The predicted octanol–water partition coefficient (Wildman–Crippen LogP) is 2.75. The molecule has 0 spiro atoms. The van der Waals surface area contributed by atoms with Gasteiger partial charge in [-0.2, -0.15) is 0 Å². The third kappa shape index (κ3) is 1.81. The molecule has 0 fully saturated rings. The maximum absolute atomic E-state index is 5.21. The number of rotatable bonds is 1. The lowest BCUT2D eigenvalue weighted by atomic mass is 10.2. The number of aromatic amines is 1. The molecule has 5 heteroatoms. The molecular weight excluding hydrogens is 232 g/mol. The third-order valence-corrected chi connectivity index (χ3v) is 2.68. The molecule has 82 valence electrons. The largest absolute Gasteiger partial charge is 0.322 e. The van der Waals surface area contributed by atoms with Crippen LogP contribution in [0.15, 0.2) is 42.7 Å². The van der Waals surface area contributed by atoms with Gasteiger partial charge in [-0.05, 0) is 0 Å². The van der Waals surface area contributed by atoms with Crippen LogP contribution in [0.3, 0.4) is 0 Å². The summed E-state index contributed by atoms with van der Waals surface area (Å²) in [5.41, 5.74) is 2.26. The number of aromatic nitrogens is 4. The highest BCUT2D eigenvalue weighted by Gasteiger charge is 2.04. The van der Waals surface area contributed by atoms with Gasteiger partial charge in [0.15, 0.2) is 10.3 Å². The van der Waals surface area contributed by atoms with E-state index in [9.17, 15) is 0 Å². The Morgan fingerprint density at radius 1 is 1.00 bits per heavy atom. The summed E-state index contributed by atoms with van der Waals surface area (Å²) in [4.78, 5) is 15.8. The van der Waals surface area contributed by atoms with Crippen molar-refractivity contribution in [2.75, 3.05) is 0 Å². The minimum Gasteiger partial charge on any atom is -0.322 e. The number of fused-ring (bicyclic) bond motifs is 1. The van der Waals surface area contributed by atoms with E-state index in [1.54, 1.807) is 12.4 Å². The number of benzene rings is 1. The van der Waals surface area contributed by atoms with E-state index in [4.69, 9.17) is 12.2 Å². The van der Waals surface area contributed by atoms with Crippen molar-refractivity contribution in [3.05, 3.63) is 47.4 Å². The van der Waals surface area contributed by atoms with Gasteiger partial charge in [-0.15, -0.1) is 0 Å². The highest BCUT2D eigenvalue weighted by molar-refractivity contribution is 7.71. The molecule has 1 aromatic carbocycles. The van der Waals surface area contributed by atoms with E-state index in [-0.39, 0.29) is 0 Å². The molecule has 2 aromatic heterocycles. The summed E-state index contributed by atoms with van der Waals surface area (Å²) < 4.78 is 0.464. The molecule has 3 aromatic rings. The van der Waals surface area contributed by atoms with Crippen LogP contribution >= 0.6 is 12.2 Å². The van der Waals surface area contributed by atoms with Crippen molar-refractivity contribution in [3.63, 3.8) is 0 Å². The number of hydrogen-bond donors (Lipinski definition) is 1. The van der Waals surface area contributed by atoms with E-state index in [0.29, 0.717) is 21.6 Å². The standard InChI is InChI=1S/C12H8N4S/c17-12-9-11(14-7-6-13-9)15-10(16-12)8-4-2-1-3-5-8/h1-7H,(H,14,15,16,17). The van der Waals surface area contributed by atoms with Gasteiger partial charge < -0.3 is 4.98 Å². The van der Waals surface area contributed by atoms with Crippen molar-refractivity contribution in [2.45, 2.75) is 0 Å². The van der Waals surface area contributed by atoms with Gasteiger partial charge in [0.2, 0.25) is 0 Å². The molecule has 0 aliphatic heterocycles. The Hall–Kier alpha value is -2.14. The first kappa shape index (κ1) is 10.0. The van der Waals surface area contributed by atoms with Gasteiger partial charge in [0.25, 0.3) is 0 Å². The number of nitrogens with one attached hydrogen (secondary N) is 1. The monoisotopic (exact) mass is 240 g/mol. The zero-order valence-corrected chi connectivity index (χ0v) is 9.61. The second-order valence-corrected chi connectivity index (χ2v) is 3.90. The minimum atomic E-state index is 0.464.